The maximum absolute atomic E-state index is 14.0. The number of ether oxygens (including phenoxy) is 2. The van der Waals surface area contributed by atoms with Crippen LogP contribution in [0.4, 0.5) is 0 Å². The molecule has 1 aromatic carbocycles. The van der Waals surface area contributed by atoms with Gasteiger partial charge in [-0.15, -0.1) is 6.58 Å². The lowest BCUT2D eigenvalue weighted by atomic mass is 9.50. The van der Waals surface area contributed by atoms with Crippen LogP contribution in [0.1, 0.15) is 108 Å². The molecule has 2 saturated carbocycles. The van der Waals surface area contributed by atoms with Crippen LogP contribution in [-0.2, 0) is 16.6 Å². The van der Waals surface area contributed by atoms with Crippen molar-refractivity contribution < 1.29 is 19.4 Å². The van der Waals surface area contributed by atoms with Gasteiger partial charge in [0.2, 0.25) is 5.91 Å². The number of carbonyl (C=O) groups is 1. The Hall–Kier alpha value is -2.21. The Morgan fingerprint density at radius 3 is 2.80 bits per heavy atom. The number of unbranched alkanes of at least 4 members (excludes halogenated alkanes) is 2. The van der Waals surface area contributed by atoms with Crippen molar-refractivity contribution in [3.63, 3.8) is 0 Å². The Balaban J connectivity index is 1.28. The highest BCUT2D eigenvalue weighted by Gasteiger charge is 2.67. The van der Waals surface area contributed by atoms with Crippen LogP contribution >= 0.6 is 0 Å². The molecule has 6 rings (SSSR count). The van der Waals surface area contributed by atoms with E-state index in [-0.39, 0.29) is 17.6 Å². The summed E-state index contributed by atoms with van der Waals surface area (Å²) < 4.78 is 12.8. The lowest BCUT2D eigenvalue weighted by Gasteiger charge is -2.60. The molecule has 1 amide bonds. The van der Waals surface area contributed by atoms with Crippen LogP contribution in [0.15, 0.2) is 18.7 Å². The average Bonchev–Trinajstić information content (AvgIpc) is 3.33. The summed E-state index contributed by atoms with van der Waals surface area (Å²) in [5.41, 5.74) is 2.04. The number of hydrogen-bond donors (Lipinski definition) is 1. The minimum absolute atomic E-state index is 0.0560. The molecule has 2 aliphatic heterocycles. The second-order valence-electron chi connectivity index (χ2n) is 13.6. The number of benzene rings is 1. The van der Waals surface area contributed by atoms with Crippen LogP contribution in [0.25, 0.3) is 0 Å². The molecule has 1 aromatic rings. The summed E-state index contributed by atoms with van der Waals surface area (Å²) in [6.07, 6.45) is 18.9. The van der Waals surface area contributed by atoms with Crippen molar-refractivity contribution in [2.75, 3.05) is 26.7 Å². The van der Waals surface area contributed by atoms with E-state index in [0.29, 0.717) is 35.8 Å². The van der Waals surface area contributed by atoms with Crippen LogP contribution in [0, 0.1) is 11.8 Å². The van der Waals surface area contributed by atoms with Crippen molar-refractivity contribution in [3.8, 4) is 17.2 Å². The zero-order valence-corrected chi connectivity index (χ0v) is 25.5. The number of phenolic OH excluding ortho intramolecular Hbond substituents is 1. The molecule has 3 aliphatic carbocycles. The van der Waals surface area contributed by atoms with Crippen molar-refractivity contribution in [1.29, 1.82) is 0 Å². The van der Waals surface area contributed by atoms with Crippen molar-refractivity contribution in [3.05, 3.63) is 29.8 Å². The van der Waals surface area contributed by atoms with E-state index in [1.807, 2.05) is 6.08 Å². The van der Waals surface area contributed by atoms with Crippen LogP contribution in [0.2, 0.25) is 0 Å². The third-order valence-electron chi connectivity index (χ3n) is 11.5. The number of amides is 1. The summed E-state index contributed by atoms with van der Waals surface area (Å²) in [6, 6.07) is 2.16. The minimum atomic E-state index is -0.189. The van der Waals surface area contributed by atoms with Crippen LogP contribution < -0.4 is 9.47 Å². The number of likely N-dealkylation sites (tertiary alicyclic amines) is 1. The number of phenols is 1. The normalized spacial score (nSPS) is 30.4. The summed E-state index contributed by atoms with van der Waals surface area (Å²) in [4.78, 5) is 18.8. The third kappa shape index (κ3) is 4.96. The predicted octanol–water partition coefficient (Wildman–Crippen LogP) is 6.76. The number of piperidine rings is 1. The molecule has 41 heavy (non-hydrogen) atoms. The molecule has 1 N–H and O–H groups in total. The van der Waals surface area contributed by atoms with Gasteiger partial charge in [0.05, 0.1) is 13.2 Å². The van der Waals surface area contributed by atoms with Crippen molar-refractivity contribution >= 4 is 5.91 Å². The lowest BCUT2D eigenvalue weighted by Crippen LogP contribution is -2.69. The van der Waals surface area contributed by atoms with E-state index in [2.05, 4.69) is 23.3 Å². The number of methoxy groups -OCH3 is 1. The molecule has 6 nitrogen and oxygen atoms in total. The van der Waals surface area contributed by atoms with E-state index in [0.717, 1.165) is 81.8 Å². The van der Waals surface area contributed by atoms with Gasteiger partial charge in [0, 0.05) is 48.2 Å². The maximum atomic E-state index is 14.0. The molecule has 5 aliphatic rings. The maximum Gasteiger partial charge on any atom is 0.222 e. The highest BCUT2D eigenvalue weighted by Crippen LogP contribution is 2.65. The van der Waals surface area contributed by atoms with Crippen LogP contribution in [-0.4, -0.2) is 65.7 Å². The van der Waals surface area contributed by atoms with Crippen molar-refractivity contribution in [2.45, 2.75) is 127 Å². The first-order valence-electron chi connectivity index (χ1n) is 16.8. The highest BCUT2D eigenvalue weighted by molar-refractivity contribution is 5.77. The number of nitrogens with zero attached hydrogens (tertiary/aromatic N) is 2. The standard InChI is InChI=1S/C35H52N2O4/c1-4-6-20-37(31(39)15-11-10-14-24-12-8-7-9-13-24)27-17-16-26-28-22-25-29(38)23-30(40-3)33-32(25)35(26,34(27)41-33)18-21-36(28)19-5-2/h5,23-24,26-28,34,38H,2,4,6-22H2,1,3H3/t26-,27-,28+,34-,35-/m0/s1. The van der Waals surface area contributed by atoms with Crippen LogP contribution in [0.3, 0.4) is 0 Å². The molecule has 0 aromatic heterocycles. The summed E-state index contributed by atoms with van der Waals surface area (Å²) in [5.74, 6) is 3.41. The molecule has 1 spiro atoms. The van der Waals surface area contributed by atoms with Gasteiger partial charge in [0.25, 0.3) is 0 Å². The quantitative estimate of drug-likeness (QED) is 0.224. The molecule has 2 heterocycles. The summed E-state index contributed by atoms with van der Waals surface area (Å²) in [6.45, 7) is 8.91. The van der Waals surface area contributed by atoms with E-state index < -0.39 is 0 Å². The van der Waals surface area contributed by atoms with Gasteiger partial charge in [-0.2, -0.15) is 0 Å². The fraction of sp³-hybridized carbons (Fsp3) is 0.743. The zero-order chi connectivity index (χ0) is 28.6. The van der Waals surface area contributed by atoms with Crippen molar-refractivity contribution in [1.82, 2.24) is 9.80 Å². The van der Waals surface area contributed by atoms with Gasteiger partial charge in [0.1, 0.15) is 11.9 Å². The second-order valence-corrected chi connectivity index (χ2v) is 13.6. The molecular weight excluding hydrogens is 512 g/mol. The fourth-order valence-corrected chi connectivity index (χ4v) is 9.65. The number of carbonyl (C=O) groups excluding carboxylic acids is 1. The molecule has 3 fully saturated rings. The first-order valence-corrected chi connectivity index (χ1v) is 16.8. The largest absolute Gasteiger partial charge is 0.508 e. The monoisotopic (exact) mass is 564 g/mol. The van der Waals surface area contributed by atoms with Gasteiger partial charge in [-0.3, -0.25) is 9.69 Å². The first-order chi connectivity index (χ1) is 20.0. The average molecular weight is 565 g/mol. The Labute approximate surface area is 247 Å². The summed E-state index contributed by atoms with van der Waals surface area (Å²) in [5, 5.41) is 11.2. The van der Waals surface area contributed by atoms with Gasteiger partial charge in [-0.1, -0.05) is 64.4 Å². The first kappa shape index (κ1) is 28.9. The van der Waals surface area contributed by atoms with Gasteiger partial charge in [-0.05, 0) is 56.9 Å². The number of aromatic hydroxyl groups is 1. The predicted molar refractivity (Wildman–Crippen MR) is 163 cm³/mol. The van der Waals surface area contributed by atoms with E-state index in [1.165, 1.54) is 50.5 Å². The van der Waals surface area contributed by atoms with Gasteiger partial charge in [-0.25, -0.2) is 0 Å². The second kappa shape index (κ2) is 12.2. The molecule has 5 atom stereocenters. The summed E-state index contributed by atoms with van der Waals surface area (Å²) in [7, 11) is 1.67. The third-order valence-corrected chi connectivity index (χ3v) is 11.5. The Kier molecular flexibility index (Phi) is 8.59. The minimum Gasteiger partial charge on any atom is -0.508 e. The van der Waals surface area contributed by atoms with E-state index in [1.54, 1.807) is 13.2 Å². The fourth-order valence-electron chi connectivity index (χ4n) is 9.65. The van der Waals surface area contributed by atoms with Gasteiger partial charge >= 0.3 is 0 Å². The smallest absolute Gasteiger partial charge is 0.222 e. The topological polar surface area (TPSA) is 62.2 Å². The molecule has 6 heteroatoms. The number of hydrogen-bond acceptors (Lipinski definition) is 5. The SMILES string of the molecule is C=CCN1CC[C@]23c4c5c(O)cc(OC)c4O[C@H]2[C@@H](N(CCCC)C(=O)CCCCC2CCCCC2)CC[C@H]3[C@H]1C5. The molecule has 0 radical (unpaired) electrons. The Bertz CT molecular complexity index is 1110. The molecule has 226 valence electrons. The lowest BCUT2D eigenvalue weighted by molar-refractivity contribution is -0.142. The molecule has 0 unspecified atom stereocenters. The van der Waals surface area contributed by atoms with Crippen LogP contribution in [0.5, 0.6) is 17.2 Å². The molecule has 2 bridgehead atoms. The van der Waals surface area contributed by atoms with E-state index in [4.69, 9.17) is 9.47 Å². The number of rotatable bonds is 12. The Morgan fingerprint density at radius 1 is 1.22 bits per heavy atom. The molecular formula is C35H52N2O4. The van der Waals surface area contributed by atoms with Gasteiger partial charge in [0.15, 0.2) is 11.5 Å². The van der Waals surface area contributed by atoms with E-state index >= 15 is 0 Å². The zero-order valence-electron chi connectivity index (χ0n) is 25.5. The van der Waals surface area contributed by atoms with Crippen molar-refractivity contribution in [2.24, 2.45) is 11.8 Å². The Morgan fingerprint density at radius 2 is 2.05 bits per heavy atom. The van der Waals surface area contributed by atoms with Gasteiger partial charge < -0.3 is 19.5 Å². The summed E-state index contributed by atoms with van der Waals surface area (Å²) >= 11 is 0. The van der Waals surface area contributed by atoms with E-state index in [9.17, 15) is 9.90 Å². The molecule has 1 saturated heterocycles. The highest BCUT2D eigenvalue weighted by atomic mass is 16.5.